The van der Waals surface area contributed by atoms with Crippen LogP contribution in [-0.2, 0) is 4.74 Å². The second-order valence-corrected chi connectivity index (χ2v) is 4.68. The molecule has 0 spiro atoms. The maximum atomic E-state index is 13.6. The molecule has 1 heterocycles. The van der Waals surface area contributed by atoms with Crippen LogP contribution in [0.5, 0.6) is 0 Å². The maximum absolute atomic E-state index is 13.6. The van der Waals surface area contributed by atoms with Crippen molar-refractivity contribution in [2.75, 3.05) is 12.4 Å². The minimum atomic E-state index is -1.05. The zero-order chi connectivity index (χ0) is 14.7. The summed E-state index contributed by atoms with van der Waals surface area (Å²) in [5, 5.41) is 3.97. The summed E-state index contributed by atoms with van der Waals surface area (Å²) in [5.74, 6) is -3.51. The monoisotopic (exact) mass is 297 g/mol. The number of amides is 1. The van der Waals surface area contributed by atoms with Crippen LogP contribution >= 0.6 is 11.3 Å². The summed E-state index contributed by atoms with van der Waals surface area (Å²) in [6.45, 7) is 0. The Bertz CT molecular complexity index is 656. The number of anilines is 1. The van der Waals surface area contributed by atoms with Gasteiger partial charge in [-0.2, -0.15) is 0 Å². The first-order chi connectivity index (χ1) is 9.52. The Morgan fingerprint density at radius 1 is 1.25 bits per heavy atom. The average molecular weight is 297 g/mol. The number of hydrogen-bond donors (Lipinski definition) is 1. The van der Waals surface area contributed by atoms with E-state index in [4.69, 9.17) is 0 Å². The summed E-state index contributed by atoms with van der Waals surface area (Å²) in [6.07, 6.45) is 0. The van der Waals surface area contributed by atoms with Gasteiger partial charge in [0, 0.05) is 6.07 Å². The van der Waals surface area contributed by atoms with Gasteiger partial charge in [0.2, 0.25) is 0 Å². The molecule has 0 saturated heterocycles. The molecule has 1 aromatic heterocycles. The molecule has 0 saturated carbocycles. The first-order valence-electron chi connectivity index (χ1n) is 5.45. The molecule has 1 amide bonds. The molecule has 0 aliphatic rings. The number of carbonyl (C=O) groups is 2. The third kappa shape index (κ3) is 2.83. The molecule has 0 atom stereocenters. The number of ether oxygens (including phenoxy) is 1. The largest absolute Gasteiger partial charge is 0.465 e. The van der Waals surface area contributed by atoms with E-state index >= 15 is 0 Å². The number of esters is 1. The molecule has 0 aliphatic heterocycles. The van der Waals surface area contributed by atoms with Crippen LogP contribution in [-0.4, -0.2) is 19.0 Å². The molecule has 0 aliphatic carbocycles. The molecule has 0 radical (unpaired) electrons. The maximum Gasteiger partial charge on any atom is 0.340 e. The second-order valence-electron chi connectivity index (χ2n) is 3.73. The van der Waals surface area contributed by atoms with Crippen molar-refractivity contribution in [1.29, 1.82) is 0 Å². The van der Waals surface area contributed by atoms with Gasteiger partial charge in [0.15, 0.2) is 0 Å². The van der Waals surface area contributed by atoms with E-state index in [2.05, 4.69) is 10.1 Å². The summed E-state index contributed by atoms with van der Waals surface area (Å²) in [4.78, 5) is 23.5. The van der Waals surface area contributed by atoms with Crippen LogP contribution in [0.15, 0.2) is 29.6 Å². The Morgan fingerprint density at radius 3 is 2.60 bits per heavy atom. The van der Waals surface area contributed by atoms with Crippen LogP contribution in [0.25, 0.3) is 0 Å². The molecule has 20 heavy (non-hydrogen) atoms. The standard InChI is InChI=1S/C13H9F2NO3S/c1-19-13(18)7-5-10(9(15)6-8(7)14)16-12(17)11-3-2-4-20-11/h2-6H,1H3,(H,16,17). The molecule has 0 bridgehead atoms. The fourth-order valence-corrected chi connectivity index (χ4v) is 2.12. The lowest BCUT2D eigenvalue weighted by atomic mass is 10.1. The molecule has 1 aromatic carbocycles. The van der Waals surface area contributed by atoms with E-state index in [1.54, 1.807) is 17.5 Å². The fourth-order valence-electron chi connectivity index (χ4n) is 1.50. The van der Waals surface area contributed by atoms with Gasteiger partial charge in [0.05, 0.1) is 23.2 Å². The number of halogens is 2. The summed E-state index contributed by atoms with van der Waals surface area (Å²) < 4.78 is 31.4. The molecule has 2 rings (SSSR count). The smallest absolute Gasteiger partial charge is 0.340 e. The molecular weight excluding hydrogens is 288 g/mol. The Hall–Kier alpha value is -2.28. The quantitative estimate of drug-likeness (QED) is 0.886. The first-order valence-corrected chi connectivity index (χ1v) is 6.33. The summed E-state index contributed by atoms with van der Waals surface area (Å²) in [5.41, 5.74) is -0.736. The van der Waals surface area contributed by atoms with Crippen LogP contribution in [0, 0.1) is 11.6 Å². The number of benzene rings is 1. The molecular formula is C13H9F2NO3S. The molecule has 0 fully saturated rings. The first kappa shape index (κ1) is 14.1. The zero-order valence-corrected chi connectivity index (χ0v) is 11.1. The van der Waals surface area contributed by atoms with Crippen LogP contribution in [0.4, 0.5) is 14.5 Å². The van der Waals surface area contributed by atoms with Crippen molar-refractivity contribution >= 4 is 28.9 Å². The number of carbonyl (C=O) groups excluding carboxylic acids is 2. The Kier molecular flexibility index (Phi) is 4.09. The SMILES string of the molecule is COC(=O)c1cc(NC(=O)c2cccs2)c(F)cc1F. The Morgan fingerprint density at radius 2 is 2.00 bits per heavy atom. The average Bonchev–Trinajstić information content (AvgIpc) is 2.95. The van der Waals surface area contributed by atoms with Gasteiger partial charge in [0.25, 0.3) is 5.91 Å². The van der Waals surface area contributed by atoms with Crippen molar-refractivity contribution in [3.63, 3.8) is 0 Å². The van der Waals surface area contributed by atoms with Gasteiger partial charge in [-0.15, -0.1) is 11.3 Å². The molecule has 1 N–H and O–H groups in total. The van der Waals surface area contributed by atoms with Gasteiger partial charge in [-0.1, -0.05) is 6.07 Å². The number of thiophene rings is 1. The van der Waals surface area contributed by atoms with Gasteiger partial charge >= 0.3 is 5.97 Å². The minimum Gasteiger partial charge on any atom is -0.465 e. The summed E-state index contributed by atoms with van der Waals surface area (Å²) in [7, 11) is 1.08. The van der Waals surface area contributed by atoms with Crippen molar-refractivity contribution < 1.29 is 23.1 Å². The summed E-state index contributed by atoms with van der Waals surface area (Å²) in [6, 6.07) is 4.65. The van der Waals surface area contributed by atoms with Crippen molar-refractivity contribution in [2.24, 2.45) is 0 Å². The van der Waals surface area contributed by atoms with Gasteiger partial charge in [-0.3, -0.25) is 4.79 Å². The molecule has 7 heteroatoms. The van der Waals surface area contributed by atoms with E-state index in [1.165, 1.54) is 11.3 Å². The van der Waals surface area contributed by atoms with Crippen molar-refractivity contribution in [1.82, 2.24) is 0 Å². The minimum absolute atomic E-state index is 0.287. The van der Waals surface area contributed by atoms with E-state index in [1.807, 2.05) is 0 Å². The van der Waals surface area contributed by atoms with Crippen LogP contribution in [0.3, 0.4) is 0 Å². The van der Waals surface area contributed by atoms with Crippen LogP contribution in [0.2, 0.25) is 0 Å². The Balaban J connectivity index is 2.32. The van der Waals surface area contributed by atoms with Crippen molar-refractivity contribution in [3.8, 4) is 0 Å². The van der Waals surface area contributed by atoms with Crippen LogP contribution < -0.4 is 5.32 Å². The molecule has 2 aromatic rings. The van der Waals surface area contributed by atoms with E-state index in [0.717, 1.165) is 13.2 Å². The predicted molar refractivity (Wildman–Crippen MR) is 70.0 cm³/mol. The fraction of sp³-hybridized carbons (Fsp3) is 0.0769. The highest BCUT2D eigenvalue weighted by Gasteiger charge is 2.18. The number of methoxy groups -OCH3 is 1. The van der Waals surface area contributed by atoms with Gasteiger partial charge in [-0.05, 0) is 17.5 Å². The highest BCUT2D eigenvalue weighted by Crippen LogP contribution is 2.21. The van der Waals surface area contributed by atoms with Crippen molar-refractivity contribution in [3.05, 3.63) is 51.7 Å². The van der Waals surface area contributed by atoms with E-state index in [-0.39, 0.29) is 5.69 Å². The van der Waals surface area contributed by atoms with E-state index in [9.17, 15) is 18.4 Å². The lowest BCUT2D eigenvalue weighted by molar-refractivity contribution is 0.0595. The predicted octanol–water partition coefficient (Wildman–Crippen LogP) is 3.07. The number of hydrogen-bond acceptors (Lipinski definition) is 4. The van der Waals surface area contributed by atoms with Gasteiger partial charge in [-0.25, -0.2) is 13.6 Å². The van der Waals surface area contributed by atoms with E-state index < -0.39 is 29.1 Å². The molecule has 104 valence electrons. The topological polar surface area (TPSA) is 55.4 Å². The lowest BCUT2D eigenvalue weighted by Gasteiger charge is -2.08. The van der Waals surface area contributed by atoms with Gasteiger partial charge < -0.3 is 10.1 Å². The second kappa shape index (κ2) is 5.79. The normalized spacial score (nSPS) is 10.2. The molecule has 0 unspecified atom stereocenters. The third-order valence-corrected chi connectivity index (χ3v) is 3.32. The lowest BCUT2D eigenvalue weighted by Crippen LogP contribution is -2.13. The highest BCUT2D eigenvalue weighted by molar-refractivity contribution is 7.12. The Labute approximate surface area is 117 Å². The highest BCUT2D eigenvalue weighted by atomic mass is 32.1. The van der Waals surface area contributed by atoms with E-state index in [0.29, 0.717) is 10.9 Å². The van der Waals surface area contributed by atoms with Crippen LogP contribution in [0.1, 0.15) is 20.0 Å². The van der Waals surface area contributed by atoms with Crippen molar-refractivity contribution in [2.45, 2.75) is 0 Å². The zero-order valence-electron chi connectivity index (χ0n) is 10.3. The summed E-state index contributed by atoms with van der Waals surface area (Å²) >= 11 is 1.17. The third-order valence-electron chi connectivity index (χ3n) is 2.46. The number of rotatable bonds is 3. The number of nitrogens with one attached hydrogen (secondary N) is 1. The van der Waals surface area contributed by atoms with Gasteiger partial charge in [0.1, 0.15) is 11.6 Å². The molecule has 4 nitrogen and oxygen atoms in total.